The van der Waals surface area contributed by atoms with Crippen LogP contribution in [0.25, 0.3) is 0 Å². The van der Waals surface area contributed by atoms with Gasteiger partial charge in [-0.25, -0.2) is 0 Å². The zero-order valence-corrected chi connectivity index (χ0v) is 12.7. The second kappa shape index (κ2) is 6.38. The van der Waals surface area contributed by atoms with Gasteiger partial charge in [-0.1, -0.05) is 40.0 Å². The first kappa shape index (κ1) is 14.3. The van der Waals surface area contributed by atoms with Crippen LogP contribution in [0.15, 0.2) is 0 Å². The molecule has 1 saturated carbocycles. The van der Waals surface area contributed by atoms with E-state index < -0.39 is 0 Å². The van der Waals surface area contributed by atoms with E-state index in [1.807, 2.05) is 0 Å². The van der Waals surface area contributed by atoms with Gasteiger partial charge in [-0.2, -0.15) is 0 Å². The third-order valence-electron chi connectivity index (χ3n) is 4.85. The second-order valence-electron chi connectivity index (χ2n) is 7.32. The number of nitrogens with one attached hydrogen (secondary N) is 1. The maximum Gasteiger partial charge on any atom is 0.00354 e. The average Bonchev–Trinajstić information content (AvgIpc) is 2.74. The summed E-state index contributed by atoms with van der Waals surface area (Å²) in [5.41, 5.74) is 0.624. The van der Waals surface area contributed by atoms with E-state index in [1.165, 1.54) is 64.7 Å². The minimum Gasteiger partial charge on any atom is -0.314 e. The number of rotatable bonds is 5. The van der Waals surface area contributed by atoms with E-state index in [1.54, 1.807) is 0 Å². The number of nitrogens with zero attached hydrogens (tertiary/aromatic N) is 1. The molecule has 0 amide bonds. The van der Waals surface area contributed by atoms with E-state index in [9.17, 15) is 0 Å². The van der Waals surface area contributed by atoms with Gasteiger partial charge in [0, 0.05) is 19.1 Å². The molecule has 0 spiro atoms. The third kappa shape index (κ3) is 4.24. The van der Waals surface area contributed by atoms with Gasteiger partial charge in [0.25, 0.3) is 0 Å². The van der Waals surface area contributed by atoms with Gasteiger partial charge in [0.2, 0.25) is 0 Å². The maximum absolute atomic E-state index is 3.59. The lowest BCUT2D eigenvalue weighted by Crippen LogP contribution is -2.37. The molecular formula is C16H32N2. The summed E-state index contributed by atoms with van der Waals surface area (Å²) in [4.78, 5) is 2.73. The van der Waals surface area contributed by atoms with Crippen LogP contribution in [0.4, 0.5) is 0 Å². The number of likely N-dealkylation sites (tertiary alicyclic amines) is 1. The molecule has 106 valence electrons. The number of hydrogen-bond acceptors (Lipinski definition) is 2. The van der Waals surface area contributed by atoms with Gasteiger partial charge in [-0.05, 0) is 43.7 Å². The van der Waals surface area contributed by atoms with Crippen molar-refractivity contribution in [3.05, 3.63) is 0 Å². The van der Waals surface area contributed by atoms with Crippen molar-refractivity contribution in [1.82, 2.24) is 10.2 Å². The van der Waals surface area contributed by atoms with Crippen LogP contribution in [0.3, 0.4) is 0 Å². The molecule has 0 aromatic rings. The minimum absolute atomic E-state index is 0.624. The zero-order valence-electron chi connectivity index (χ0n) is 12.7. The summed E-state index contributed by atoms with van der Waals surface area (Å²) < 4.78 is 0. The van der Waals surface area contributed by atoms with Crippen molar-refractivity contribution in [3.63, 3.8) is 0 Å². The second-order valence-corrected chi connectivity index (χ2v) is 7.32. The molecule has 0 bridgehead atoms. The van der Waals surface area contributed by atoms with Crippen molar-refractivity contribution in [2.45, 2.75) is 65.3 Å². The normalized spacial score (nSPS) is 29.0. The van der Waals surface area contributed by atoms with E-state index >= 15 is 0 Å². The highest BCUT2D eigenvalue weighted by Crippen LogP contribution is 2.37. The van der Waals surface area contributed by atoms with Crippen LogP contribution in [0.1, 0.15) is 59.3 Å². The largest absolute Gasteiger partial charge is 0.314 e. The lowest BCUT2D eigenvalue weighted by molar-refractivity contribution is 0.136. The summed E-state index contributed by atoms with van der Waals surface area (Å²) in [6, 6.07) is 0.634. The zero-order chi connectivity index (χ0) is 13.0. The Morgan fingerprint density at radius 2 is 1.94 bits per heavy atom. The van der Waals surface area contributed by atoms with Crippen LogP contribution >= 0.6 is 0 Å². The van der Waals surface area contributed by atoms with E-state index in [0.29, 0.717) is 11.5 Å². The Balaban J connectivity index is 1.71. The molecule has 2 fully saturated rings. The quantitative estimate of drug-likeness (QED) is 0.808. The summed E-state index contributed by atoms with van der Waals surface area (Å²) >= 11 is 0. The molecule has 18 heavy (non-hydrogen) atoms. The Morgan fingerprint density at radius 3 is 2.61 bits per heavy atom. The summed E-state index contributed by atoms with van der Waals surface area (Å²) in [5.74, 6) is 0.889. The third-order valence-corrected chi connectivity index (χ3v) is 4.85. The summed E-state index contributed by atoms with van der Waals surface area (Å²) in [7, 11) is 0. The van der Waals surface area contributed by atoms with E-state index in [-0.39, 0.29) is 0 Å². The first-order valence-corrected chi connectivity index (χ1v) is 8.03. The molecule has 1 N–H and O–H groups in total. The predicted molar refractivity (Wildman–Crippen MR) is 78.9 cm³/mol. The van der Waals surface area contributed by atoms with E-state index in [2.05, 4.69) is 31.0 Å². The van der Waals surface area contributed by atoms with Crippen molar-refractivity contribution in [1.29, 1.82) is 0 Å². The van der Waals surface area contributed by atoms with Gasteiger partial charge in [0.15, 0.2) is 0 Å². The predicted octanol–water partition coefficient (Wildman–Crippen LogP) is 3.28. The molecule has 2 aliphatic rings. The Kier molecular flexibility index (Phi) is 5.08. The molecule has 1 aliphatic heterocycles. The molecule has 0 radical (unpaired) electrons. The lowest BCUT2D eigenvalue weighted by Gasteiger charge is -2.37. The molecule has 0 aromatic carbocycles. The highest BCUT2D eigenvalue weighted by atomic mass is 15.2. The van der Waals surface area contributed by atoms with Crippen molar-refractivity contribution >= 4 is 0 Å². The van der Waals surface area contributed by atoms with Crippen LogP contribution in [0.2, 0.25) is 0 Å². The highest BCUT2D eigenvalue weighted by Gasteiger charge is 2.32. The molecule has 1 heterocycles. The maximum atomic E-state index is 3.59. The Morgan fingerprint density at radius 1 is 1.22 bits per heavy atom. The van der Waals surface area contributed by atoms with Crippen LogP contribution in [-0.2, 0) is 0 Å². The fourth-order valence-corrected chi connectivity index (χ4v) is 3.73. The molecule has 0 aromatic heterocycles. The Hall–Kier alpha value is -0.0800. The van der Waals surface area contributed by atoms with Gasteiger partial charge in [-0.3, -0.25) is 0 Å². The van der Waals surface area contributed by atoms with E-state index in [4.69, 9.17) is 0 Å². The molecule has 1 saturated heterocycles. The van der Waals surface area contributed by atoms with Gasteiger partial charge < -0.3 is 10.2 Å². The van der Waals surface area contributed by atoms with Crippen LogP contribution in [-0.4, -0.2) is 37.1 Å². The molecule has 2 nitrogen and oxygen atoms in total. The number of hydrogen-bond donors (Lipinski definition) is 1. The summed E-state index contributed by atoms with van der Waals surface area (Å²) in [6.07, 6.45) is 8.70. The van der Waals surface area contributed by atoms with Gasteiger partial charge in [0.05, 0.1) is 0 Å². The lowest BCUT2D eigenvalue weighted by atomic mass is 9.75. The smallest absolute Gasteiger partial charge is 0.00354 e. The van der Waals surface area contributed by atoms with Crippen molar-refractivity contribution < 1.29 is 0 Å². The fraction of sp³-hybridized carbons (Fsp3) is 1.00. The van der Waals surface area contributed by atoms with Crippen LogP contribution in [0, 0.1) is 11.3 Å². The molecule has 2 heteroatoms. The molecule has 2 rings (SSSR count). The van der Waals surface area contributed by atoms with Crippen LogP contribution < -0.4 is 5.32 Å². The monoisotopic (exact) mass is 252 g/mol. The Labute approximate surface area is 114 Å². The van der Waals surface area contributed by atoms with Gasteiger partial charge >= 0.3 is 0 Å². The van der Waals surface area contributed by atoms with E-state index in [0.717, 1.165) is 5.92 Å². The summed E-state index contributed by atoms with van der Waals surface area (Å²) in [5, 5.41) is 3.59. The molecule has 1 aliphatic carbocycles. The van der Waals surface area contributed by atoms with Gasteiger partial charge in [-0.15, -0.1) is 0 Å². The first-order chi connectivity index (χ1) is 8.57. The summed E-state index contributed by atoms with van der Waals surface area (Å²) in [6.45, 7) is 12.2. The van der Waals surface area contributed by atoms with Crippen molar-refractivity contribution in [2.75, 3.05) is 26.2 Å². The average molecular weight is 252 g/mol. The van der Waals surface area contributed by atoms with Crippen LogP contribution in [0.5, 0.6) is 0 Å². The SMILES string of the molecule is CC(C)NCC1CCN(CC2(C)CCCCC2)C1. The van der Waals surface area contributed by atoms with Crippen molar-refractivity contribution in [3.8, 4) is 0 Å². The standard InChI is InChI=1S/C16H32N2/c1-14(2)17-11-15-7-10-18(12-15)13-16(3)8-5-4-6-9-16/h14-15,17H,4-13H2,1-3H3. The Bertz CT molecular complexity index is 243. The first-order valence-electron chi connectivity index (χ1n) is 8.03. The minimum atomic E-state index is 0.624. The topological polar surface area (TPSA) is 15.3 Å². The van der Waals surface area contributed by atoms with Gasteiger partial charge in [0.1, 0.15) is 0 Å². The van der Waals surface area contributed by atoms with Crippen molar-refractivity contribution in [2.24, 2.45) is 11.3 Å². The highest BCUT2D eigenvalue weighted by molar-refractivity contribution is 4.86. The fourth-order valence-electron chi connectivity index (χ4n) is 3.73. The molecule has 1 atom stereocenters. The molecule has 1 unspecified atom stereocenters. The molecular weight excluding hydrogens is 220 g/mol.